The molecule has 1 amide bonds. The largest absolute Gasteiger partial charge is 0.347 e. The van der Waals surface area contributed by atoms with Gasteiger partial charge < -0.3 is 9.80 Å². The molecule has 0 N–H and O–H groups in total. The predicted octanol–water partition coefficient (Wildman–Crippen LogP) is 3.06. The van der Waals surface area contributed by atoms with Crippen molar-refractivity contribution in [2.45, 2.75) is 31.1 Å². The van der Waals surface area contributed by atoms with Crippen LogP contribution < -0.4 is 4.90 Å². The highest BCUT2D eigenvalue weighted by Crippen LogP contribution is 2.44. The van der Waals surface area contributed by atoms with Crippen molar-refractivity contribution < 1.29 is 4.79 Å². The summed E-state index contributed by atoms with van der Waals surface area (Å²) in [6.07, 6.45) is 6.01. The number of nitrogens with zero attached hydrogens (tertiary/aromatic N) is 6. The van der Waals surface area contributed by atoms with Gasteiger partial charge in [-0.25, -0.2) is 9.97 Å². The monoisotopic (exact) mass is 416 g/mol. The summed E-state index contributed by atoms with van der Waals surface area (Å²) in [6, 6.07) is 12.0. The zero-order chi connectivity index (χ0) is 21.6. The summed E-state index contributed by atoms with van der Waals surface area (Å²) in [5.41, 5.74) is 4.80. The topological polar surface area (TPSA) is 67.2 Å². The van der Waals surface area contributed by atoms with Crippen LogP contribution in [-0.4, -0.2) is 57.7 Å². The van der Waals surface area contributed by atoms with Crippen LogP contribution in [-0.2, 0) is 18.9 Å². The Labute approximate surface area is 182 Å². The zero-order valence-electron chi connectivity index (χ0n) is 18.4. The molecule has 2 aromatic heterocycles. The molecule has 0 saturated carbocycles. The standard InChI is InChI=1S/C24H28N6O/c1-28(2)23-25-15-18-10-12-24(21(18)26-23)11-7-13-30(16-24)22(31)19-14-20(29(3)27-19)17-8-5-4-6-9-17/h4-6,8-9,14-15H,7,10-13,16H2,1-3H3. The van der Waals surface area contributed by atoms with Gasteiger partial charge in [0.2, 0.25) is 5.95 Å². The maximum Gasteiger partial charge on any atom is 0.274 e. The molecule has 0 bridgehead atoms. The van der Waals surface area contributed by atoms with E-state index in [4.69, 9.17) is 4.98 Å². The molecule has 1 atom stereocenters. The fourth-order valence-electron chi connectivity index (χ4n) is 5.06. The van der Waals surface area contributed by atoms with Crippen molar-refractivity contribution in [1.82, 2.24) is 24.6 Å². The van der Waals surface area contributed by atoms with Gasteiger partial charge in [-0.2, -0.15) is 5.10 Å². The summed E-state index contributed by atoms with van der Waals surface area (Å²) < 4.78 is 1.80. The summed E-state index contributed by atoms with van der Waals surface area (Å²) in [7, 11) is 5.82. The summed E-state index contributed by atoms with van der Waals surface area (Å²) >= 11 is 0. The van der Waals surface area contributed by atoms with Crippen molar-refractivity contribution in [3.63, 3.8) is 0 Å². The molecule has 1 aliphatic heterocycles. The van der Waals surface area contributed by atoms with Crippen LogP contribution in [0.25, 0.3) is 11.3 Å². The van der Waals surface area contributed by atoms with E-state index in [1.54, 1.807) is 4.68 Å². The Kier molecular flexibility index (Phi) is 4.76. The Balaban J connectivity index is 1.43. The van der Waals surface area contributed by atoms with E-state index in [-0.39, 0.29) is 11.3 Å². The molecule has 31 heavy (non-hydrogen) atoms. The zero-order valence-corrected chi connectivity index (χ0v) is 18.4. The lowest BCUT2D eigenvalue weighted by atomic mass is 9.77. The number of carbonyl (C=O) groups is 1. The third-order valence-corrected chi connectivity index (χ3v) is 6.66. The van der Waals surface area contributed by atoms with Gasteiger partial charge in [0.25, 0.3) is 5.91 Å². The number of hydrogen-bond acceptors (Lipinski definition) is 5. The van der Waals surface area contributed by atoms with Gasteiger partial charge in [-0.1, -0.05) is 30.3 Å². The summed E-state index contributed by atoms with van der Waals surface area (Å²) in [5, 5.41) is 4.55. The lowest BCUT2D eigenvalue weighted by molar-refractivity contribution is 0.0626. The van der Waals surface area contributed by atoms with Gasteiger partial charge in [-0.05, 0) is 42.9 Å². The average Bonchev–Trinajstić information content (AvgIpc) is 3.34. The fraction of sp³-hybridized carbons (Fsp3) is 0.417. The first kappa shape index (κ1) is 19.7. The normalized spacial score (nSPS) is 20.2. The number of benzene rings is 1. The van der Waals surface area contributed by atoms with Crippen LogP contribution in [0.1, 0.15) is 41.0 Å². The number of rotatable bonds is 3. The lowest BCUT2D eigenvalue weighted by Gasteiger charge is -2.40. The number of piperidine rings is 1. The minimum absolute atomic E-state index is 0.00666. The molecule has 1 saturated heterocycles. The second kappa shape index (κ2) is 7.48. The second-order valence-corrected chi connectivity index (χ2v) is 8.95. The van der Waals surface area contributed by atoms with Crippen molar-refractivity contribution in [1.29, 1.82) is 0 Å². The van der Waals surface area contributed by atoms with Crippen LogP contribution in [0, 0.1) is 0 Å². The Morgan fingerprint density at radius 3 is 2.74 bits per heavy atom. The Morgan fingerprint density at radius 2 is 1.97 bits per heavy atom. The smallest absolute Gasteiger partial charge is 0.274 e. The van der Waals surface area contributed by atoms with Gasteiger partial charge in [-0.3, -0.25) is 9.48 Å². The van der Waals surface area contributed by atoms with Crippen LogP contribution in [0.4, 0.5) is 5.95 Å². The average molecular weight is 417 g/mol. The first-order chi connectivity index (χ1) is 15.0. The molecule has 1 unspecified atom stereocenters. The number of anilines is 1. The number of amides is 1. The predicted molar refractivity (Wildman–Crippen MR) is 120 cm³/mol. The molecule has 1 spiro atoms. The molecule has 2 aliphatic rings. The molecule has 1 fully saturated rings. The van der Waals surface area contributed by atoms with Gasteiger partial charge >= 0.3 is 0 Å². The second-order valence-electron chi connectivity index (χ2n) is 8.95. The number of aryl methyl sites for hydroxylation is 2. The summed E-state index contributed by atoms with van der Waals surface area (Å²) in [4.78, 5) is 26.8. The van der Waals surface area contributed by atoms with E-state index in [1.807, 2.05) is 73.5 Å². The van der Waals surface area contributed by atoms with E-state index in [2.05, 4.69) is 10.1 Å². The van der Waals surface area contributed by atoms with Crippen LogP contribution in [0.15, 0.2) is 42.6 Å². The molecular weight excluding hydrogens is 388 g/mol. The third kappa shape index (κ3) is 3.38. The number of fused-ring (bicyclic) bond motifs is 2. The summed E-state index contributed by atoms with van der Waals surface area (Å²) in [6.45, 7) is 1.46. The molecular formula is C24H28N6O. The van der Waals surface area contributed by atoms with Gasteiger partial charge in [-0.15, -0.1) is 0 Å². The minimum Gasteiger partial charge on any atom is -0.347 e. The van der Waals surface area contributed by atoms with Gasteiger partial charge in [0, 0.05) is 45.8 Å². The molecule has 160 valence electrons. The van der Waals surface area contributed by atoms with Crippen LogP contribution in [0.3, 0.4) is 0 Å². The van der Waals surface area contributed by atoms with Crippen molar-refractivity contribution in [2.24, 2.45) is 7.05 Å². The molecule has 7 heteroatoms. The number of aromatic nitrogens is 4. The maximum atomic E-state index is 13.4. The Hall–Kier alpha value is -3.22. The molecule has 1 aliphatic carbocycles. The highest BCUT2D eigenvalue weighted by Gasteiger charge is 2.45. The highest BCUT2D eigenvalue weighted by atomic mass is 16.2. The van der Waals surface area contributed by atoms with Gasteiger partial charge in [0.1, 0.15) is 0 Å². The number of likely N-dealkylation sites (tertiary alicyclic amines) is 1. The lowest BCUT2D eigenvalue weighted by Crippen LogP contribution is -2.48. The Morgan fingerprint density at radius 1 is 1.16 bits per heavy atom. The molecule has 3 aromatic rings. The minimum atomic E-state index is -0.0754. The first-order valence-corrected chi connectivity index (χ1v) is 10.9. The third-order valence-electron chi connectivity index (χ3n) is 6.66. The van der Waals surface area contributed by atoms with E-state index in [0.29, 0.717) is 12.2 Å². The highest BCUT2D eigenvalue weighted by molar-refractivity contribution is 5.93. The van der Waals surface area contributed by atoms with E-state index >= 15 is 0 Å². The van der Waals surface area contributed by atoms with Crippen LogP contribution in [0.2, 0.25) is 0 Å². The van der Waals surface area contributed by atoms with Crippen molar-refractivity contribution in [3.8, 4) is 11.3 Å². The first-order valence-electron chi connectivity index (χ1n) is 10.9. The molecule has 1 aromatic carbocycles. The van der Waals surface area contributed by atoms with Crippen LogP contribution in [0.5, 0.6) is 0 Å². The van der Waals surface area contributed by atoms with Gasteiger partial charge in [0.05, 0.1) is 11.4 Å². The Bertz CT molecular complexity index is 1120. The van der Waals surface area contributed by atoms with E-state index in [9.17, 15) is 4.79 Å². The number of hydrogen-bond donors (Lipinski definition) is 0. The molecule has 0 radical (unpaired) electrons. The van der Waals surface area contributed by atoms with Gasteiger partial charge in [0.15, 0.2) is 5.69 Å². The maximum absolute atomic E-state index is 13.4. The van der Waals surface area contributed by atoms with Crippen molar-refractivity contribution in [3.05, 3.63) is 59.5 Å². The van der Waals surface area contributed by atoms with E-state index < -0.39 is 0 Å². The molecule has 5 rings (SSSR count). The number of carbonyl (C=O) groups excluding carboxylic acids is 1. The fourth-order valence-corrected chi connectivity index (χ4v) is 5.06. The molecule has 7 nitrogen and oxygen atoms in total. The van der Waals surface area contributed by atoms with E-state index in [1.165, 1.54) is 5.56 Å². The SMILES string of the molecule is CN(C)c1ncc2c(n1)C1(CCCN(C(=O)c3cc(-c4ccccc4)n(C)n3)C1)CC2. The molecule has 3 heterocycles. The quantitative estimate of drug-likeness (QED) is 0.657. The van der Waals surface area contributed by atoms with E-state index in [0.717, 1.165) is 55.1 Å². The van der Waals surface area contributed by atoms with Crippen molar-refractivity contribution in [2.75, 3.05) is 32.1 Å². The summed E-state index contributed by atoms with van der Waals surface area (Å²) in [5.74, 6) is 0.743. The van der Waals surface area contributed by atoms with Crippen LogP contribution >= 0.6 is 0 Å². The van der Waals surface area contributed by atoms with Crippen molar-refractivity contribution >= 4 is 11.9 Å².